The summed E-state index contributed by atoms with van der Waals surface area (Å²) in [5, 5.41) is 9.24. The van der Waals surface area contributed by atoms with Crippen molar-refractivity contribution in [3.8, 4) is 0 Å². The van der Waals surface area contributed by atoms with Crippen LogP contribution in [0.2, 0.25) is 0 Å². The number of hydrogen-bond acceptors (Lipinski definition) is 3. The van der Waals surface area contributed by atoms with Crippen molar-refractivity contribution < 1.29 is 14.7 Å². The second kappa shape index (κ2) is 6.72. The Kier molecular flexibility index (Phi) is 4.96. The lowest BCUT2D eigenvalue weighted by atomic mass is 10.0. The van der Waals surface area contributed by atoms with E-state index in [0.29, 0.717) is 19.4 Å². The van der Waals surface area contributed by atoms with Gasteiger partial charge in [0.05, 0.1) is 6.04 Å². The number of carboxylic acid groups (broad SMARTS) is 1. The molecule has 0 unspecified atom stereocenters. The molecule has 1 aromatic carbocycles. The van der Waals surface area contributed by atoms with Crippen LogP contribution in [0.5, 0.6) is 0 Å². The number of amides is 1. The van der Waals surface area contributed by atoms with Gasteiger partial charge in [-0.3, -0.25) is 9.69 Å². The highest BCUT2D eigenvalue weighted by molar-refractivity contribution is 5.87. The Bertz CT molecular complexity index is 502. The van der Waals surface area contributed by atoms with Crippen LogP contribution in [0.1, 0.15) is 18.4 Å². The second-order valence-corrected chi connectivity index (χ2v) is 5.70. The van der Waals surface area contributed by atoms with E-state index in [1.54, 1.807) is 0 Å². The molecule has 5 heteroatoms. The number of hydrogen-bond donors (Lipinski definition) is 1. The fourth-order valence-electron chi connectivity index (χ4n) is 2.81. The summed E-state index contributed by atoms with van der Waals surface area (Å²) >= 11 is 0. The molecule has 0 aliphatic carbocycles. The molecule has 1 heterocycles. The number of carboxylic acids is 1. The molecule has 0 saturated carbocycles. The molecule has 1 amide bonds. The van der Waals surface area contributed by atoms with Crippen molar-refractivity contribution in [3.63, 3.8) is 0 Å². The van der Waals surface area contributed by atoms with E-state index in [-0.39, 0.29) is 11.9 Å². The maximum atomic E-state index is 12.7. The van der Waals surface area contributed by atoms with Gasteiger partial charge in [-0.1, -0.05) is 30.3 Å². The van der Waals surface area contributed by atoms with Crippen LogP contribution in [-0.4, -0.2) is 59.5 Å². The maximum Gasteiger partial charge on any atom is 0.326 e. The van der Waals surface area contributed by atoms with Crippen molar-refractivity contribution in [1.29, 1.82) is 0 Å². The molecule has 0 spiro atoms. The van der Waals surface area contributed by atoms with E-state index < -0.39 is 12.0 Å². The Morgan fingerprint density at radius 1 is 1.33 bits per heavy atom. The molecule has 1 saturated heterocycles. The monoisotopic (exact) mass is 290 g/mol. The zero-order chi connectivity index (χ0) is 15.4. The first-order valence-corrected chi connectivity index (χ1v) is 7.24. The molecule has 5 nitrogen and oxygen atoms in total. The number of rotatable bonds is 5. The Morgan fingerprint density at radius 2 is 2.00 bits per heavy atom. The number of likely N-dealkylation sites (tertiary alicyclic amines) is 1. The number of benzene rings is 1. The molecule has 114 valence electrons. The molecular formula is C16H22N2O3. The number of likely N-dealkylation sites (N-methyl/N-ethyl adjacent to an activating group) is 1. The van der Waals surface area contributed by atoms with Crippen LogP contribution in [0.3, 0.4) is 0 Å². The van der Waals surface area contributed by atoms with Gasteiger partial charge in [0.25, 0.3) is 0 Å². The first-order chi connectivity index (χ1) is 10.0. The Balaban J connectivity index is 2.14. The Morgan fingerprint density at radius 3 is 2.57 bits per heavy atom. The largest absolute Gasteiger partial charge is 0.480 e. The van der Waals surface area contributed by atoms with E-state index in [4.69, 9.17) is 0 Å². The van der Waals surface area contributed by atoms with E-state index >= 15 is 0 Å². The van der Waals surface area contributed by atoms with E-state index in [9.17, 15) is 14.7 Å². The Hall–Kier alpha value is -1.88. The first kappa shape index (κ1) is 15.5. The van der Waals surface area contributed by atoms with Gasteiger partial charge < -0.3 is 10.0 Å². The number of carbonyl (C=O) groups excluding carboxylic acids is 1. The first-order valence-electron chi connectivity index (χ1n) is 7.24. The highest BCUT2D eigenvalue weighted by atomic mass is 16.4. The van der Waals surface area contributed by atoms with Crippen molar-refractivity contribution in [1.82, 2.24) is 9.80 Å². The summed E-state index contributed by atoms with van der Waals surface area (Å²) in [7, 11) is 3.72. The molecule has 0 radical (unpaired) electrons. The predicted octanol–water partition coefficient (Wildman–Crippen LogP) is 1.23. The zero-order valence-electron chi connectivity index (χ0n) is 12.5. The van der Waals surface area contributed by atoms with Gasteiger partial charge in [-0.25, -0.2) is 4.79 Å². The zero-order valence-corrected chi connectivity index (χ0v) is 12.5. The minimum Gasteiger partial charge on any atom is -0.480 e. The smallest absolute Gasteiger partial charge is 0.326 e. The predicted molar refractivity (Wildman–Crippen MR) is 80.0 cm³/mol. The fourth-order valence-corrected chi connectivity index (χ4v) is 2.81. The lowest BCUT2D eigenvalue weighted by Crippen LogP contribution is -2.50. The third kappa shape index (κ3) is 3.61. The third-order valence-corrected chi connectivity index (χ3v) is 4.00. The van der Waals surface area contributed by atoms with Crippen LogP contribution < -0.4 is 0 Å². The number of aliphatic carboxylic acids is 1. The summed E-state index contributed by atoms with van der Waals surface area (Å²) in [6, 6.07) is 8.82. The quantitative estimate of drug-likeness (QED) is 0.886. The molecule has 2 rings (SSSR count). The van der Waals surface area contributed by atoms with Crippen LogP contribution in [0, 0.1) is 0 Å². The minimum atomic E-state index is -0.905. The standard InChI is InChI=1S/C16H22N2O3/c1-17(2)14(11-12-7-4-3-5-8-12)15(19)18-10-6-9-13(18)16(20)21/h3-5,7-8,13-14H,6,9-11H2,1-2H3,(H,20,21)/t13-,14+/m0/s1. The van der Waals surface area contributed by atoms with Gasteiger partial charge in [0.2, 0.25) is 5.91 Å². The van der Waals surface area contributed by atoms with E-state index in [2.05, 4.69) is 0 Å². The van der Waals surface area contributed by atoms with Crippen molar-refractivity contribution in [2.75, 3.05) is 20.6 Å². The molecule has 1 aromatic rings. The molecule has 21 heavy (non-hydrogen) atoms. The molecular weight excluding hydrogens is 268 g/mol. The topological polar surface area (TPSA) is 60.9 Å². The summed E-state index contributed by atoms with van der Waals surface area (Å²) in [6.45, 7) is 0.537. The number of nitrogens with zero attached hydrogens (tertiary/aromatic N) is 2. The lowest BCUT2D eigenvalue weighted by Gasteiger charge is -2.30. The van der Waals surface area contributed by atoms with Gasteiger partial charge in [0, 0.05) is 6.54 Å². The molecule has 1 fully saturated rings. The summed E-state index contributed by atoms with van der Waals surface area (Å²) in [5.74, 6) is -0.994. The van der Waals surface area contributed by atoms with Crippen molar-refractivity contribution in [3.05, 3.63) is 35.9 Å². The van der Waals surface area contributed by atoms with Crippen molar-refractivity contribution >= 4 is 11.9 Å². The van der Waals surface area contributed by atoms with Gasteiger partial charge in [-0.2, -0.15) is 0 Å². The van der Waals surface area contributed by atoms with Crippen LogP contribution in [0.25, 0.3) is 0 Å². The van der Waals surface area contributed by atoms with Crippen molar-refractivity contribution in [2.24, 2.45) is 0 Å². The average Bonchev–Trinajstić information content (AvgIpc) is 2.94. The SMILES string of the molecule is CN(C)[C@H](Cc1ccccc1)C(=O)N1CCC[C@H]1C(=O)O. The molecule has 2 atom stereocenters. The number of carbonyl (C=O) groups is 2. The Labute approximate surface area is 125 Å². The minimum absolute atomic E-state index is 0.0891. The molecule has 0 bridgehead atoms. The van der Waals surface area contributed by atoms with E-state index in [1.807, 2.05) is 49.3 Å². The average molecular weight is 290 g/mol. The van der Waals surface area contributed by atoms with E-state index in [0.717, 1.165) is 12.0 Å². The summed E-state index contributed by atoms with van der Waals surface area (Å²) in [5.41, 5.74) is 1.08. The maximum absolute atomic E-state index is 12.7. The fraction of sp³-hybridized carbons (Fsp3) is 0.500. The van der Waals surface area contributed by atoms with Crippen LogP contribution in [-0.2, 0) is 16.0 Å². The highest BCUT2D eigenvalue weighted by Crippen LogP contribution is 2.20. The summed E-state index contributed by atoms with van der Waals surface area (Å²) < 4.78 is 0. The molecule has 1 aliphatic rings. The summed E-state index contributed by atoms with van der Waals surface area (Å²) in [6.07, 6.45) is 1.90. The molecule has 1 N–H and O–H groups in total. The second-order valence-electron chi connectivity index (χ2n) is 5.70. The third-order valence-electron chi connectivity index (χ3n) is 4.00. The van der Waals surface area contributed by atoms with Crippen LogP contribution in [0.15, 0.2) is 30.3 Å². The van der Waals surface area contributed by atoms with Crippen LogP contribution in [0.4, 0.5) is 0 Å². The van der Waals surface area contributed by atoms with Gasteiger partial charge in [0.15, 0.2) is 0 Å². The van der Waals surface area contributed by atoms with Gasteiger partial charge in [-0.05, 0) is 38.9 Å². The molecule has 0 aromatic heterocycles. The molecule has 1 aliphatic heterocycles. The normalized spacial score (nSPS) is 19.8. The van der Waals surface area contributed by atoms with Gasteiger partial charge in [-0.15, -0.1) is 0 Å². The lowest BCUT2D eigenvalue weighted by molar-refractivity contribution is -0.150. The van der Waals surface area contributed by atoms with Gasteiger partial charge >= 0.3 is 5.97 Å². The van der Waals surface area contributed by atoms with Crippen molar-refractivity contribution in [2.45, 2.75) is 31.3 Å². The highest BCUT2D eigenvalue weighted by Gasteiger charge is 2.37. The van der Waals surface area contributed by atoms with E-state index in [1.165, 1.54) is 4.90 Å². The van der Waals surface area contributed by atoms with Gasteiger partial charge in [0.1, 0.15) is 6.04 Å². The summed E-state index contributed by atoms with van der Waals surface area (Å²) in [4.78, 5) is 27.4. The van der Waals surface area contributed by atoms with Crippen LogP contribution >= 0.6 is 0 Å².